The summed E-state index contributed by atoms with van der Waals surface area (Å²) in [6, 6.07) is 0. The van der Waals surface area contributed by atoms with Gasteiger partial charge >= 0.3 is 0 Å². The van der Waals surface area contributed by atoms with Crippen molar-refractivity contribution in [2.45, 2.75) is 58.2 Å². The molecule has 0 saturated heterocycles. The maximum absolute atomic E-state index is 3.60. The van der Waals surface area contributed by atoms with Crippen LogP contribution in [0.4, 0.5) is 0 Å². The van der Waals surface area contributed by atoms with Gasteiger partial charge in [-0.25, -0.2) is 0 Å². The molecule has 0 aromatic carbocycles. The van der Waals surface area contributed by atoms with Gasteiger partial charge in [0.1, 0.15) is 0 Å². The largest absolute Gasteiger partial charge is 0.311 e. The van der Waals surface area contributed by atoms with Crippen LogP contribution in [0.5, 0.6) is 0 Å². The molecule has 0 rings (SSSR count). The third-order valence-electron chi connectivity index (χ3n) is 2.36. The van der Waals surface area contributed by atoms with Gasteiger partial charge in [0, 0.05) is 17.3 Å². The zero-order chi connectivity index (χ0) is 10.3. The van der Waals surface area contributed by atoms with E-state index < -0.39 is 0 Å². The molecule has 2 heteroatoms. The Morgan fingerprint density at radius 2 is 1.92 bits per heavy atom. The lowest BCUT2D eigenvalue weighted by Gasteiger charge is -2.26. The van der Waals surface area contributed by atoms with E-state index in [9.17, 15) is 0 Å². The first kappa shape index (κ1) is 13.3. The fourth-order valence-corrected chi connectivity index (χ4v) is 1.76. The Hall–Kier alpha value is 0.310. The molecule has 0 saturated carbocycles. The van der Waals surface area contributed by atoms with Crippen LogP contribution in [-0.4, -0.2) is 23.1 Å². The highest BCUT2D eigenvalue weighted by atomic mass is 32.2. The lowest BCUT2D eigenvalue weighted by Crippen LogP contribution is -2.41. The Bertz CT molecular complexity index is 123. The Kier molecular flexibility index (Phi) is 6.88. The van der Waals surface area contributed by atoms with E-state index in [1.54, 1.807) is 0 Å². The molecular weight excluding hydrogens is 178 g/mol. The molecule has 0 fully saturated rings. The van der Waals surface area contributed by atoms with Crippen molar-refractivity contribution in [3.8, 4) is 0 Å². The molecule has 13 heavy (non-hydrogen) atoms. The van der Waals surface area contributed by atoms with Crippen LogP contribution in [0.3, 0.4) is 0 Å². The number of hydrogen-bond donors (Lipinski definition) is 1. The van der Waals surface area contributed by atoms with E-state index in [0.29, 0.717) is 5.54 Å². The number of thioether (sulfide) groups is 1. The fourth-order valence-electron chi connectivity index (χ4n) is 0.923. The average Bonchev–Trinajstić information content (AvgIpc) is 2.11. The van der Waals surface area contributed by atoms with Gasteiger partial charge in [0.25, 0.3) is 0 Å². The molecule has 80 valence electrons. The molecule has 1 unspecified atom stereocenters. The molecule has 0 bridgehead atoms. The maximum atomic E-state index is 3.60. The van der Waals surface area contributed by atoms with Gasteiger partial charge in [0.2, 0.25) is 0 Å². The van der Waals surface area contributed by atoms with Gasteiger partial charge in [0.15, 0.2) is 0 Å². The molecule has 0 aromatic heterocycles. The second kappa shape index (κ2) is 6.72. The quantitative estimate of drug-likeness (QED) is 0.681. The highest BCUT2D eigenvalue weighted by molar-refractivity contribution is 7.99. The lowest BCUT2D eigenvalue weighted by atomic mass is 10.0. The summed E-state index contributed by atoms with van der Waals surface area (Å²) in [6.45, 7) is 12.4. The molecule has 0 spiro atoms. The van der Waals surface area contributed by atoms with E-state index in [1.165, 1.54) is 18.6 Å². The summed E-state index contributed by atoms with van der Waals surface area (Å²) in [5.74, 6) is 1.29. The van der Waals surface area contributed by atoms with Crippen molar-refractivity contribution in [2.75, 3.05) is 12.3 Å². The zero-order valence-electron chi connectivity index (χ0n) is 9.81. The summed E-state index contributed by atoms with van der Waals surface area (Å²) in [6.07, 6.45) is 2.48. The normalized spacial score (nSPS) is 14.5. The van der Waals surface area contributed by atoms with Crippen molar-refractivity contribution < 1.29 is 0 Å². The van der Waals surface area contributed by atoms with E-state index in [1.807, 2.05) is 0 Å². The van der Waals surface area contributed by atoms with Crippen molar-refractivity contribution in [3.63, 3.8) is 0 Å². The van der Waals surface area contributed by atoms with Gasteiger partial charge in [-0.05, 0) is 32.4 Å². The summed E-state index contributed by atoms with van der Waals surface area (Å²) >= 11 is 2.07. The van der Waals surface area contributed by atoms with Crippen LogP contribution >= 0.6 is 11.8 Å². The Morgan fingerprint density at radius 1 is 1.31 bits per heavy atom. The number of nitrogens with one attached hydrogen (secondary N) is 1. The van der Waals surface area contributed by atoms with Crippen molar-refractivity contribution in [1.82, 2.24) is 5.32 Å². The molecule has 1 nitrogen and oxygen atoms in total. The third-order valence-corrected chi connectivity index (χ3v) is 3.74. The number of rotatable bonds is 7. The van der Waals surface area contributed by atoms with Crippen LogP contribution in [0.1, 0.15) is 47.5 Å². The first-order valence-electron chi connectivity index (χ1n) is 5.38. The molecule has 0 radical (unpaired) electrons. The van der Waals surface area contributed by atoms with Crippen LogP contribution in [0.25, 0.3) is 0 Å². The molecule has 1 atom stereocenters. The van der Waals surface area contributed by atoms with Crippen LogP contribution in [-0.2, 0) is 0 Å². The summed E-state index contributed by atoms with van der Waals surface area (Å²) in [5, 5.41) is 4.34. The Morgan fingerprint density at radius 3 is 2.38 bits per heavy atom. The van der Waals surface area contributed by atoms with E-state index >= 15 is 0 Å². The van der Waals surface area contributed by atoms with Gasteiger partial charge in [-0.15, -0.1) is 0 Å². The minimum atomic E-state index is 0.307. The zero-order valence-corrected chi connectivity index (χ0v) is 10.6. The monoisotopic (exact) mass is 203 g/mol. The molecule has 1 N–H and O–H groups in total. The van der Waals surface area contributed by atoms with Gasteiger partial charge in [-0.1, -0.05) is 20.8 Å². The first-order valence-corrected chi connectivity index (χ1v) is 6.43. The minimum absolute atomic E-state index is 0.307. The summed E-state index contributed by atoms with van der Waals surface area (Å²) < 4.78 is 0. The van der Waals surface area contributed by atoms with Crippen LogP contribution < -0.4 is 5.32 Å². The van der Waals surface area contributed by atoms with Gasteiger partial charge in [-0.2, -0.15) is 11.8 Å². The van der Waals surface area contributed by atoms with E-state index in [0.717, 1.165) is 11.8 Å². The van der Waals surface area contributed by atoms with Gasteiger partial charge in [-0.3, -0.25) is 0 Å². The minimum Gasteiger partial charge on any atom is -0.311 e. The highest BCUT2D eigenvalue weighted by Gasteiger charge is 2.14. The van der Waals surface area contributed by atoms with Crippen molar-refractivity contribution in [2.24, 2.45) is 0 Å². The lowest BCUT2D eigenvalue weighted by molar-refractivity contribution is 0.379. The van der Waals surface area contributed by atoms with Crippen molar-refractivity contribution >= 4 is 11.8 Å². The topological polar surface area (TPSA) is 12.0 Å². The fraction of sp³-hybridized carbons (Fsp3) is 1.00. The van der Waals surface area contributed by atoms with E-state index in [-0.39, 0.29) is 0 Å². The van der Waals surface area contributed by atoms with E-state index in [2.05, 4.69) is 51.7 Å². The molecule has 0 aromatic rings. The predicted molar refractivity (Wildman–Crippen MR) is 64.6 cm³/mol. The Labute approximate surface area is 88.1 Å². The van der Waals surface area contributed by atoms with Gasteiger partial charge in [0.05, 0.1) is 0 Å². The first-order chi connectivity index (χ1) is 6.02. The van der Waals surface area contributed by atoms with Gasteiger partial charge < -0.3 is 5.32 Å². The molecule has 0 aliphatic heterocycles. The van der Waals surface area contributed by atoms with Crippen molar-refractivity contribution in [3.05, 3.63) is 0 Å². The second-order valence-corrected chi connectivity index (χ2v) is 5.85. The maximum Gasteiger partial charge on any atom is 0.0144 e. The smallest absolute Gasteiger partial charge is 0.0144 e. The molecular formula is C11H25NS. The Balaban J connectivity index is 3.51. The average molecular weight is 203 g/mol. The summed E-state index contributed by atoms with van der Waals surface area (Å²) in [4.78, 5) is 0. The number of hydrogen-bond acceptors (Lipinski definition) is 2. The molecule has 0 aliphatic rings. The molecule has 0 amide bonds. The predicted octanol–water partition coefficient (Wildman–Crippen LogP) is 3.30. The van der Waals surface area contributed by atoms with Crippen molar-refractivity contribution in [1.29, 1.82) is 0 Å². The van der Waals surface area contributed by atoms with Crippen LogP contribution in [0.15, 0.2) is 0 Å². The van der Waals surface area contributed by atoms with Crippen LogP contribution in [0, 0.1) is 0 Å². The SMILES string of the molecule is CCCSC(C)CNC(C)(C)CC. The van der Waals surface area contributed by atoms with Crippen LogP contribution in [0.2, 0.25) is 0 Å². The molecule has 0 aliphatic carbocycles. The third kappa shape index (κ3) is 7.39. The second-order valence-electron chi connectivity index (χ2n) is 4.30. The summed E-state index contributed by atoms with van der Waals surface area (Å²) in [5.41, 5.74) is 0.307. The highest BCUT2D eigenvalue weighted by Crippen LogP contribution is 2.13. The summed E-state index contributed by atoms with van der Waals surface area (Å²) in [7, 11) is 0. The van der Waals surface area contributed by atoms with E-state index in [4.69, 9.17) is 0 Å². The standard InChI is InChI=1S/C11H25NS/c1-6-8-13-10(3)9-12-11(4,5)7-2/h10,12H,6-9H2,1-5H3. The molecule has 0 heterocycles.